The lowest BCUT2D eigenvalue weighted by Gasteiger charge is -2.20. The summed E-state index contributed by atoms with van der Waals surface area (Å²) in [5.41, 5.74) is 0. The molecule has 0 aliphatic heterocycles. The molecule has 0 unspecified atom stereocenters. The van der Waals surface area contributed by atoms with Crippen LogP contribution in [0.2, 0.25) is 0 Å². The summed E-state index contributed by atoms with van der Waals surface area (Å²) in [6, 6.07) is 0. The molecule has 0 atom stereocenters. The highest BCUT2D eigenvalue weighted by Crippen LogP contribution is 2.06. The second-order valence-electron chi connectivity index (χ2n) is 3.91. The second-order valence-corrected chi connectivity index (χ2v) is 3.91. The number of amides is 1. The van der Waals surface area contributed by atoms with Crippen LogP contribution in [-0.2, 0) is 4.79 Å². The zero-order chi connectivity index (χ0) is 10.3. The van der Waals surface area contributed by atoms with E-state index in [4.69, 9.17) is 0 Å². The molecule has 2 heteroatoms. The van der Waals surface area contributed by atoms with E-state index in [1.165, 1.54) is 0 Å². The molecule has 0 spiro atoms. The lowest BCUT2D eigenvalue weighted by atomic mass is 10.1. The maximum atomic E-state index is 11.6. The molecule has 0 fully saturated rings. The van der Waals surface area contributed by atoms with Crippen molar-refractivity contribution in [1.29, 1.82) is 0 Å². The van der Waals surface area contributed by atoms with Crippen molar-refractivity contribution in [2.24, 2.45) is 5.92 Å². The summed E-state index contributed by atoms with van der Waals surface area (Å²) in [6.45, 7) is 10.2. The number of carbonyl (C=O) groups excluding carboxylic acids is 1. The van der Waals surface area contributed by atoms with E-state index < -0.39 is 0 Å². The van der Waals surface area contributed by atoms with Gasteiger partial charge in [-0.05, 0) is 25.7 Å². The summed E-state index contributed by atoms with van der Waals surface area (Å²) in [5, 5.41) is 0. The van der Waals surface area contributed by atoms with Gasteiger partial charge in [0.2, 0.25) is 5.91 Å². The van der Waals surface area contributed by atoms with Gasteiger partial charge in [-0.25, -0.2) is 0 Å². The first-order valence-corrected chi connectivity index (χ1v) is 5.39. The molecule has 0 saturated heterocycles. The number of rotatable bonds is 6. The van der Waals surface area contributed by atoms with Gasteiger partial charge in [-0.3, -0.25) is 4.79 Å². The minimum Gasteiger partial charge on any atom is -0.343 e. The molecule has 0 aliphatic carbocycles. The molecule has 0 radical (unpaired) electrons. The van der Waals surface area contributed by atoms with Crippen molar-refractivity contribution < 1.29 is 4.79 Å². The van der Waals surface area contributed by atoms with E-state index in [2.05, 4.69) is 20.8 Å². The first kappa shape index (κ1) is 12.5. The molecule has 1 amide bonds. The van der Waals surface area contributed by atoms with Crippen LogP contribution < -0.4 is 0 Å². The molecule has 0 saturated carbocycles. The lowest BCUT2D eigenvalue weighted by molar-refractivity contribution is -0.131. The zero-order valence-corrected chi connectivity index (χ0v) is 9.47. The lowest BCUT2D eigenvalue weighted by Crippen LogP contribution is -2.31. The minimum absolute atomic E-state index is 0.318. The fourth-order valence-corrected chi connectivity index (χ4v) is 1.30. The normalized spacial score (nSPS) is 10.5. The molecule has 0 bridgehead atoms. The fourth-order valence-electron chi connectivity index (χ4n) is 1.30. The highest BCUT2D eigenvalue weighted by Gasteiger charge is 2.10. The molecule has 0 aliphatic rings. The molecule has 0 aromatic heterocycles. The van der Waals surface area contributed by atoms with Gasteiger partial charge in [0.05, 0.1) is 0 Å². The predicted octanol–water partition coefficient (Wildman–Crippen LogP) is 2.68. The van der Waals surface area contributed by atoms with Crippen molar-refractivity contribution in [3.05, 3.63) is 0 Å². The molecular formula is C11H23NO. The highest BCUT2D eigenvalue weighted by atomic mass is 16.2. The van der Waals surface area contributed by atoms with Crippen LogP contribution in [0.4, 0.5) is 0 Å². The summed E-state index contributed by atoms with van der Waals surface area (Å²) in [5.74, 6) is 0.947. The van der Waals surface area contributed by atoms with Gasteiger partial charge in [-0.1, -0.05) is 20.8 Å². The van der Waals surface area contributed by atoms with Crippen molar-refractivity contribution in [3.63, 3.8) is 0 Å². The first-order valence-electron chi connectivity index (χ1n) is 5.39. The number of nitrogens with zero attached hydrogens (tertiary/aromatic N) is 1. The average Bonchev–Trinajstić information content (AvgIpc) is 2.10. The van der Waals surface area contributed by atoms with Crippen LogP contribution in [0.15, 0.2) is 0 Å². The third-order valence-corrected chi connectivity index (χ3v) is 2.16. The predicted molar refractivity (Wildman–Crippen MR) is 56.6 cm³/mol. The van der Waals surface area contributed by atoms with Crippen LogP contribution in [0.1, 0.15) is 47.0 Å². The van der Waals surface area contributed by atoms with Crippen LogP contribution in [-0.4, -0.2) is 23.9 Å². The Hall–Kier alpha value is -0.530. The van der Waals surface area contributed by atoms with Crippen LogP contribution in [0.5, 0.6) is 0 Å². The van der Waals surface area contributed by atoms with E-state index in [1.54, 1.807) is 0 Å². The topological polar surface area (TPSA) is 20.3 Å². The van der Waals surface area contributed by atoms with Crippen LogP contribution in [0, 0.1) is 5.92 Å². The van der Waals surface area contributed by atoms with Crippen molar-refractivity contribution in [2.45, 2.75) is 47.0 Å². The Morgan fingerprint density at radius 3 is 2.31 bits per heavy atom. The van der Waals surface area contributed by atoms with E-state index in [-0.39, 0.29) is 0 Å². The smallest absolute Gasteiger partial charge is 0.222 e. The van der Waals surface area contributed by atoms with E-state index >= 15 is 0 Å². The Bertz CT molecular complexity index is 143. The molecule has 0 heterocycles. The van der Waals surface area contributed by atoms with Crippen LogP contribution >= 0.6 is 0 Å². The third kappa shape index (κ3) is 5.67. The Kier molecular flexibility index (Phi) is 6.65. The second kappa shape index (κ2) is 6.93. The largest absolute Gasteiger partial charge is 0.343 e. The third-order valence-electron chi connectivity index (χ3n) is 2.16. The average molecular weight is 185 g/mol. The van der Waals surface area contributed by atoms with Gasteiger partial charge in [-0.2, -0.15) is 0 Å². The van der Waals surface area contributed by atoms with Crippen LogP contribution in [0.3, 0.4) is 0 Å². The van der Waals surface area contributed by atoms with Gasteiger partial charge in [0.1, 0.15) is 0 Å². The summed E-state index contributed by atoms with van der Waals surface area (Å²) in [7, 11) is 0. The van der Waals surface area contributed by atoms with Gasteiger partial charge in [-0.15, -0.1) is 0 Å². The molecule has 0 N–H and O–H groups in total. The van der Waals surface area contributed by atoms with Gasteiger partial charge in [0.25, 0.3) is 0 Å². The zero-order valence-electron chi connectivity index (χ0n) is 9.47. The number of hydrogen-bond donors (Lipinski definition) is 0. The molecular weight excluding hydrogens is 162 g/mol. The maximum Gasteiger partial charge on any atom is 0.222 e. The number of hydrogen-bond acceptors (Lipinski definition) is 1. The van der Waals surface area contributed by atoms with Crippen molar-refractivity contribution in [3.8, 4) is 0 Å². The monoisotopic (exact) mass is 185 g/mol. The molecule has 0 aromatic carbocycles. The SMILES string of the molecule is CCCN(CC)C(=O)CCC(C)C. The summed E-state index contributed by atoms with van der Waals surface area (Å²) in [6.07, 6.45) is 2.78. The van der Waals surface area contributed by atoms with E-state index in [9.17, 15) is 4.79 Å². The van der Waals surface area contributed by atoms with Gasteiger partial charge >= 0.3 is 0 Å². The quantitative estimate of drug-likeness (QED) is 0.623. The Morgan fingerprint density at radius 2 is 1.92 bits per heavy atom. The summed E-state index contributed by atoms with van der Waals surface area (Å²) in [4.78, 5) is 13.5. The first-order chi connectivity index (χ1) is 6.11. The standard InChI is InChI=1S/C11H23NO/c1-5-9-12(6-2)11(13)8-7-10(3)4/h10H,5-9H2,1-4H3. The molecule has 2 nitrogen and oxygen atoms in total. The van der Waals surface area contributed by atoms with E-state index in [1.807, 2.05) is 11.8 Å². The van der Waals surface area contributed by atoms with Crippen molar-refractivity contribution >= 4 is 5.91 Å². The molecule has 13 heavy (non-hydrogen) atoms. The summed E-state index contributed by atoms with van der Waals surface area (Å²) >= 11 is 0. The molecule has 0 aromatic rings. The Labute approximate surface area is 82.3 Å². The molecule has 78 valence electrons. The van der Waals surface area contributed by atoms with Crippen LogP contribution in [0.25, 0.3) is 0 Å². The van der Waals surface area contributed by atoms with Crippen molar-refractivity contribution in [1.82, 2.24) is 4.90 Å². The summed E-state index contributed by atoms with van der Waals surface area (Å²) < 4.78 is 0. The highest BCUT2D eigenvalue weighted by molar-refractivity contribution is 5.76. The Balaban J connectivity index is 3.77. The molecule has 0 rings (SSSR count). The van der Waals surface area contributed by atoms with E-state index in [0.717, 1.165) is 25.9 Å². The fraction of sp³-hybridized carbons (Fsp3) is 0.909. The van der Waals surface area contributed by atoms with Gasteiger partial charge in [0, 0.05) is 19.5 Å². The maximum absolute atomic E-state index is 11.6. The van der Waals surface area contributed by atoms with Gasteiger partial charge in [0.15, 0.2) is 0 Å². The Morgan fingerprint density at radius 1 is 1.31 bits per heavy atom. The number of carbonyl (C=O) groups is 1. The van der Waals surface area contributed by atoms with E-state index in [0.29, 0.717) is 18.2 Å². The minimum atomic E-state index is 0.318. The van der Waals surface area contributed by atoms with Crippen molar-refractivity contribution in [2.75, 3.05) is 13.1 Å². The van der Waals surface area contributed by atoms with Gasteiger partial charge < -0.3 is 4.90 Å².